The number of rotatable bonds is 7. The minimum Gasteiger partial charge on any atom is -0.374 e. The van der Waals surface area contributed by atoms with E-state index in [9.17, 15) is 27.4 Å². The Hall–Kier alpha value is -2.73. The van der Waals surface area contributed by atoms with Crippen molar-refractivity contribution >= 4 is 44.1 Å². The number of hydrogen-bond acceptors (Lipinski definition) is 7. The van der Waals surface area contributed by atoms with E-state index in [-0.39, 0.29) is 57.4 Å². The number of Topliss-reactive ketones (excluding diaryl/α,β-unsaturated/α-hetero) is 2. The van der Waals surface area contributed by atoms with Gasteiger partial charge in [-0.25, -0.2) is 0 Å². The van der Waals surface area contributed by atoms with E-state index in [1.165, 1.54) is 47.1 Å². The quantitative estimate of drug-likeness (QED) is 0.357. The van der Waals surface area contributed by atoms with Gasteiger partial charge < -0.3 is 14.8 Å². The monoisotopic (exact) mass is 537 g/mol. The van der Waals surface area contributed by atoms with E-state index in [4.69, 9.17) is 4.74 Å². The van der Waals surface area contributed by atoms with Crippen molar-refractivity contribution in [1.82, 2.24) is 0 Å². The highest BCUT2D eigenvalue weighted by molar-refractivity contribution is 7.86. The fraction of sp³-hybridized carbons (Fsp3) is 0.480. The zero-order chi connectivity index (χ0) is 24.0. The minimum absolute atomic E-state index is 0. The van der Waals surface area contributed by atoms with Crippen molar-refractivity contribution in [2.75, 3.05) is 19.5 Å². The molecule has 2 N–H and O–H groups in total. The molecule has 0 spiro atoms. The molecule has 9 nitrogen and oxygen atoms in total. The second-order valence-corrected chi connectivity index (χ2v) is 8.23. The Balaban J connectivity index is -0.000000237. The second kappa shape index (κ2) is 17.7. The number of nitrogens with one attached hydrogen (secondary N) is 1. The van der Waals surface area contributed by atoms with Gasteiger partial charge in [0.05, 0.1) is 5.69 Å². The molecule has 0 fully saturated rings. The molecule has 0 aliphatic rings. The molecular weight excluding hydrogens is 493 g/mol. The first-order valence-corrected chi connectivity index (χ1v) is 10.6. The molecule has 2 aromatic carbocycles. The molecule has 0 aliphatic carbocycles. The maximum atomic E-state index is 12.4. The molecule has 11 heteroatoms. The summed E-state index contributed by atoms with van der Waals surface area (Å²) in [5.41, 5.74) is -1.91. The topological polar surface area (TPSA) is 136 Å². The van der Waals surface area contributed by atoms with E-state index in [1.54, 1.807) is 31.2 Å². The van der Waals surface area contributed by atoms with Gasteiger partial charge in [0.15, 0.2) is 11.6 Å². The fourth-order valence-corrected chi connectivity index (χ4v) is 3.28. The second-order valence-electron chi connectivity index (χ2n) is 6.87. The highest BCUT2D eigenvalue weighted by atomic mass is 32.2. The van der Waals surface area contributed by atoms with Gasteiger partial charge in [-0.05, 0) is 39.1 Å². The van der Waals surface area contributed by atoms with Gasteiger partial charge in [-0.3, -0.25) is 23.6 Å². The van der Waals surface area contributed by atoms with E-state index in [1.807, 2.05) is 0 Å². The molecule has 0 aliphatic heterocycles. The molecule has 0 heterocycles. The molecule has 2 unspecified atom stereocenters. The molecule has 1 amide bonds. The Morgan fingerprint density at radius 1 is 0.972 bits per heavy atom. The van der Waals surface area contributed by atoms with E-state index >= 15 is 0 Å². The molecule has 2 aromatic rings. The van der Waals surface area contributed by atoms with Crippen LogP contribution in [-0.4, -0.2) is 56.4 Å². The van der Waals surface area contributed by atoms with E-state index in [2.05, 4.69) is 10.1 Å². The Labute approximate surface area is 215 Å². The van der Waals surface area contributed by atoms with Crippen LogP contribution in [0.2, 0.25) is 0 Å². The maximum Gasteiger partial charge on any atom is 0.297 e. The number of carbonyl (C=O) groups is 3. The summed E-state index contributed by atoms with van der Waals surface area (Å²) in [4.78, 5) is 33.9. The molecular formula is C25H44FNO8S. The summed E-state index contributed by atoms with van der Waals surface area (Å²) in [5.74, 6) is -1.31. The number of benzene rings is 2. The summed E-state index contributed by atoms with van der Waals surface area (Å²) in [6, 6.07) is 9.44. The van der Waals surface area contributed by atoms with Crippen LogP contribution < -0.4 is 5.32 Å². The van der Waals surface area contributed by atoms with Crippen molar-refractivity contribution in [1.29, 1.82) is 0 Å². The highest BCUT2D eigenvalue weighted by Gasteiger charge is 2.39. The third-order valence-corrected chi connectivity index (χ3v) is 5.78. The smallest absolute Gasteiger partial charge is 0.297 e. The highest BCUT2D eigenvalue weighted by Crippen LogP contribution is 2.31. The molecule has 0 saturated heterocycles. The zero-order valence-corrected chi connectivity index (χ0v) is 19.5. The first kappa shape index (κ1) is 43.4. The van der Waals surface area contributed by atoms with Crippen LogP contribution in [0.15, 0.2) is 41.3 Å². The lowest BCUT2D eigenvalue weighted by Crippen LogP contribution is -2.47. The number of halogens is 1. The van der Waals surface area contributed by atoms with Crippen molar-refractivity contribution in [2.45, 2.75) is 74.0 Å². The lowest BCUT2D eigenvalue weighted by Gasteiger charge is -2.24. The zero-order valence-electron chi connectivity index (χ0n) is 18.7. The lowest BCUT2D eigenvalue weighted by atomic mass is 10.0. The number of ketones is 2. The molecule has 0 saturated carbocycles. The molecule has 2 atom stereocenters. The standard InChI is InChI=1S/C16H17NO6S.C5H10O2.4CH4.FH/c1-10(18)16(2,23-3)15(19)17-13-9-8-11-6-4-5-7-12(11)14(13)24(20,21)22;1-4(6)5(2)7-3;;;;;/h4-9H,1-3H3,(H,17,19)(H,20,21,22);5H,1-3H3;4*1H4;1H. The summed E-state index contributed by atoms with van der Waals surface area (Å²) in [5, 5.41) is 3.18. The number of hydrogen-bond donors (Lipinski definition) is 2. The summed E-state index contributed by atoms with van der Waals surface area (Å²) in [7, 11) is -1.90. The Kier molecular flexibility index (Phi) is 21.3. The van der Waals surface area contributed by atoms with Crippen molar-refractivity contribution in [3.05, 3.63) is 36.4 Å². The number of anilines is 1. The normalized spacial score (nSPS) is 12.1. The number of ether oxygens (including phenoxy) is 2. The molecule has 210 valence electrons. The van der Waals surface area contributed by atoms with Gasteiger partial charge in [0.25, 0.3) is 16.0 Å². The maximum absolute atomic E-state index is 12.4. The third-order valence-electron chi connectivity index (χ3n) is 4.83. The third kappa shape index (κ3) is 10.5. The summed E-state index contributed by atoms with van der Waals surface area (Å²) < 4.78 is 42.8. The van der Waals surface area contributed by atoms with Crippen LogP contribution in [0.4, 0.5) is 10.4 Å². The predicted molar refractivity (Wildman–Crippen MR) is 145 cm³/mol. The van der Waals surface area contributed by atoms with Gasteiger partial charge in [-0.1, -0.05) is 60.0 Å². The number of methoxy groups -OCH3 is 2. The van der Waals surface area contributed by atoms with Crippen molar-refractivity contribution in [3.8, 4) is 0 Å². The van der Waals surface area contributed by atoms with Crippen molar-refractivity contribution in [2.24, 2.45) is 0 Å². The van der Waals surface area contributed by atoms with Crippen LogP contribution in [0, 0.1) is 0 Å². The summed E-state index contributed by atoms with van der Waals surface area (Å²) >= 11 is 0. The lowest BCUT2D eigenvalue weighted by molar-refractivity contribution is -0.149. The van der Waals surface area contributed by atoms with Crippen LogP contribution in [0.25, 0.3) is 10.8 Å². The van der Waals surface area contributed by atoms with Crippen LogP contribution in [0.1, 0.15) is 57.4 Å². The molecule has 2 rings (SSSR count). The predicted octanol–water partition coefficient (Wildman–Crippen LogP) is 5.33. The molecule has 0 aromatic heterocycles. The average molecular weight is 538 g/mol. The summed E-state index contributed by atoms with van der Waals surface area (Å²) in [6.07, 6.45) is -0.236. The van der Waals surface area contributed by atoms with Crippen molar-refractivity contribution < 1.29 is 41.5 Å². The van der Waals surface area contributed by atoms with Gasteiger partial charge in [0.1, 0.15) is 11.0 Å². The fourth-order valence-electron chi connectivity index (χ4n) is 2.42. The van der Waals surface area contributed by atoms with Crippen molar-refractivity contribution in [3.63, 3.8) is 0 Å². The molecule has 0 bridgehead atoms. The summed E-state index contributed by atoms with van der Waals surface area (Å²) in [6.45, 7) is 5.70. The molecule has 36 heavy (non-hydrogen) atoms. The first-order valence-electron chi connectivity index (χ1n) is 9.19. The Bertz CT molecular complexity index is 1090. The Morgan fingerprint density at radius 3 is 1.83 bits per heavy atom. The molecule has 0 radical (unpaired) electrons. The van der Waals surface area contributed by atoms with E-state index in [0.717, 1.165) is 0 Å². The first-order chi connectivity index (χ1) is 14.3. The number of fused-ring (bicyclic) bond motifs is 1. The van der Waals surface area contributed by atoms with Gasteiger partial charge in [-0.15, -0.1) is 0 Å². The van der Waals surface area contributed by atoms with Gasteiger partial charge in [-0.2, -0.15) is 8.42 Å². The number of amides is 1. The largest absolute Gasteiger partial charge is 0.374 e. The van der Waals surface area contributed by atoms with Gasteiger partial charge in [0.2, 0.25) is 5.60 Å². The van der Waals surface area contributed by atoms with Crippen LogP contribution in [0.3, 0.4) is 0 Å². The minimum atomic E-state index is -4.62. The average Bonchev–Trinajstić information content (AvgIpc) is 2.71. The van der Waals surface area contributed by atoms with Gasteiger partial charge >= 0.3 is 0 Å². The van der Waals surface area contributed by atoms with Crippen LogP contribution in [-0.2, 0) is 34.0 Å². The van der Waals surface area contributed by atoms with E-state index in [0.29, 0.717) is 5.39 Å². The number of carbonyl (C=O) groups excluding carboxylic acids is 3. The van der Waals surface area contributed by atoms with E-state index < -0.39 is 32.3 Å². The van der Waals surface area contributed by atoms with Crippen LogP contribution >= 0.6 is 0 Å². The Morgan fingerprint density at radius 2 is 1.47 bits per heavy atom. The van der Waals surface area contributed by atoms with Crippen LogP contribution in [0.5, 0.6) is 0 Å². The van der Waals surface area contributed by atoms with Gasteiger partial charge in [0, 0.05) is 19.6 Å². The SMILES string of the molecule is C.C.C.C.COC(C)(C(C)=O)C(=O)Nc1ccc2ccccc2c1S(=O)(=O)O.COC(C)C(C)=O.F.